The standard InChI is InChI=1S/C19H15ClN8O/c1-19(29,26-18-12(8-21)17(22)24-10-25-18)13-7-15-23-9-14(20)28(15)27-16(13)11-5-3-2-4-6-11/h2-7,9-10,29H,1H3,(H3,22,24,25,26). The largest absolute Gasteiger partial charge is 0.382 e. The quantitative estimate of drug-likeness (QED) is 0.439. The molecule has 0 aliphatic carbocycles. The number of aromatic nitrogens is 5. The highest BCUT2D eigenvalue weighted by Crippen LogP contribution is 2.33. The highest BCUT2D eigenvalue weighted by molar-refractivity contribution is 6.29. The molecule has 144 valence electrons. The van der Waals surface area contributed by atoms with Gasteiger partial charge in [-0.1, -0.05) is 41.9 Å². The molecule has 0 saturated heterocycles. The Morgan fingerprint density at radius 3 is 2.72 bits per heavy atom. The van der Waals surface area contributed by atoms with Gasteiger partial charge in [-0.3, -0.25) is 0 Å². The number of hydrogen-bond donors (Lipinski definition) is 3. The molecule has 29 heavy (non-hydrogen) atoms. The Bertz CT molecular complexity index is 1250. The Labute approximate surface area is 170 Å². The third kappa shape index (κ3) is 3.31. The lowest BCUT2D eigenvalue weighted by atomic mass is 9.98. The highest BCUT2D eigenvalue weighted by Gasteiger charge is 2.30. The molecule has 4 rings (SSSR count). The summed E-state index contributed by atoms with van der Waals surface area (Å²) in [5, 5.41) is 28.5. The Morgan fingerprint density at radius 2 is 2.00 bits per heavy atom. The molecule has 0 radical (unpaired) electrons. The van der Waals surface area contributed by atoms with Crippen LogP contribution in [0.4, 0.5) is 11.6 Å². The molecule has 0 spiro atoms. The van der Waals surface area contributed by atoms with E-state index >= 15 is 0 Å². The average Bonchev–Trinajstić information content (AvgIpc) is 3.08. The number of nitrogens with two attached hydrogens (primary N) is 1. The van der Waals surface area contributed by atoms with Crippen LogP contribution in [0.15, 0.2) is 48.9 Å². The Morgan fingerprint density at radius 1 is 1.24 bits per heavy atom. The molecule has 1 unspecified atom stereocenters. The molecule has 3 heterocycles. The number of aliphatic hydroxyl groups is 1. The van der Waals surface area contributed by atoms with Crippen LogP contribution in [0.2, 0.25) is 5.15 Å². The maximum atomic E-state index is 11.3. The minimum absolute atomic E-state index is 0.0118. The average molecular weight is 407 g/mol. The van der Waals surface area contributed by atoms with Crippen molar-refractivity contribution >= 4 is 28.9 Å². The summed E-state index contributed by atoms with van der Waals surface area (Å²) in [4.78, 5) is 12.1. The number of nitrogens with one attached hydrogen (secondary N) is 1. The predicted molar refractivity (Wildman–Crippen MR) is 108 cm³/mol. The SMILES string of the molecule is CC(O)(Nc1ncnc(N)c1C#N)c1cc2ncc(Cl)n2nc1-c1ccccc1. The van der Waals surface area contributed by atoms with Gasteiger partial charge >= 0.3 is 0 Å². The summed E-state index contributed by atoms with van der Waals surface area (Å²) in [6, 6.07) is 12.9. The van der Waals surface area contributed by atoms with Gasteiger partial charge in [-0.2, -0.15) is 10.4 Å². The van der Waals surface area contributed by atoms with E-state index in [4.69, 9.17) is 17.3 Å². The van der Waals surface area contributed by atoms with Gasteiger partial charge in [0.1, 0.15) is 23.8 Å². The first-order valence-corrected chi connectivity index (χ1v) is 8.90. The normalized spacial score (nSPS) is 13.0. The van der Waals surface area contributed by atoms with Gasteiger partial charge in [0.05, 0.1) is 11.9 Å². The van der Waals surface area contributed by atoms with Crippen molar-refractivity contribution in [2.24, 2.45) is 0 Å². The van der Waals surface area contributed by atoms with Gasteiger partial charge in [0.25, 0.3) is 0 Å². The maximum absolute atomic E-state index is 11.3. The zero-order valence-corrected chi connectivity index (χ0v) is 16.0. The number of hydrogen-bond acceptors (Lipinski definition) is 8. The second-order valence-electron chi connectivity index (χ2n) is 6.42. The van der Waals surface area contributed by atoms with Gasteiger partial charge < -0.3 is 16.2 Å². The van der Waals surface area contributed by atoms with E-state index in [0.717, 1.165) is 5.56 Å². The van der Waals surface area contributed by atoms with Crippen molar-refractivity contribution in [3.8, 4) is 17.3 Å². The molecular formula is C19H15ClN8O. The first-order valence-electron chi connectivity index (χ1n) is 8.52. The van der Waals surface area contributed by atoms with E-state index in [0.29, 0.717) is 22.1 Å². The molecule has 0 bridgehead atoms. The molecule has 4 aromatic rings. The fourth-order valence-electron chi connectivity index (χ4n) is 2.97. The first-order chi connectivity index (χ1) is 13.9. The van der Waals surface area contributed by atoms with Crippen molar-refractivity contribution in [3.05, 3.63) is 65.2 Å². The minimum Gasteiger partial charge on any atom is -0.382 e. The zero-order valence-electron chi connectivity index (χ0n) is 15.2. The molecule has 10 heteroatoms. The van der Waals surface area contributed by atoms with Crippen LogP contribution in [0, 0.1) is 11.3 Å². The third-order valence-corrected chi connectivity index (χ3v) is 4.63. The molecule has 4 N–H and O–H groups in total. The van der Waals surface area contributed by atoms with Crippen LogP contribution >= 0.6 is 11.6 Å². The fraction of sp³-hybridized carbons (Fsp3) is 0.105. The summed E-state index contributed by atoms with van der Waals surface area (Å²) in [6.07, 6.45) is 2.69. The first kappa shape index (κ1) is 18.6. The number of nitrogens with zero attached hydrogens (tertiary/aromatic N) is 6. The van der Waals surface area contributed by atoms with Crippen molar-refractivity contribution in [2.75, 3.05) is 11.1 Å². The second kappa shape index (κ2) is 7.01. The van der Waals surface area contributed by atoms with E-state index in [2.05, 4.69) is 25.4 Å². The Balaban J connectivity index is 1.90. The van der Waals surface area contributed by atoms with Crippen LogP contribution < -0.4 is 11.1 Å². The van der Waals surface area contributed by atoms with Crippen LogP contribution in [0.1, 0.15) is 18.1 Å². The van der Waals surface area contributed by atoms with E-state index in [9.17, 15) is 10.4 Å². The molecule has 0 aliphatic rings. The van der Waals surface area contributed by atoms with Crippen molar-refractivity contribution in [2.45, 2.75) is 12.6 Å². The van der Waals surface area contributed by atoms with Crippen molar-refractivity contribution in [1.29, 1.82) is 5.26 Å². The Kier molecular flexibility index (Phi) is 4.50. The summed E-state index contributed by atoms with van der Waals surface area (Å²) >= 11 is 6.18. The second-order valence-corrected chi connectivity index (χ2v) is 6.80. The number of nitriles is 1. The van der Waals surface area contributed by atoms with Crippen molar-refractivity contribution < 1.29 is 5.11 Å². The van der Waals surface area contributed by atoms with Crippen LogP contribution in [0.5, 0.6) is 0 Å². The van der Waals surface area contributed by atoms with Crippen LogP contribution in [0.3, 0.4) is 0 Å². The lowest BCUT2D eigenvalue weighted by Crippen LogP contribution is -2.33. The lowest BCUT2D eigenvalue weighted by Gasteiger charge is -2.28. The van der Waals surface area contributed by atoms with Crippen molar-refractivity contribution in [1.82, 2.24) is 24.6 Å². The van der Waals surface area contributed by atoms with Gasteiger partial charge in [-0.15, -0.1) is 0 Å². The van der Waals surface area contributed by atoms with Crippen LogP contribution in [0.25, 0.3) is 16.9 Å². The predicted octanol–water partition coefficient (Wildman–Crippen LogP) is 2.57. The molecule has 0 amide bonds. The van der Waals surface area contributed by atoms with Crippen LogP contribution in [-0.4, -0.2) is 29.7 Å². The summed E-state index contributed by atoms with van der Waals surface area (Å²) in [5.74, 6) is 0.114. The minimum atomic E-state index is -1.68. The summed E-state index contributed by atoms with van der Waals surface area (Å²) in [7, 11) is 0. The van der Waals surface area contributed by atoms with E-state index < -0.39 is 5.72 Å². The number of rotatable bonds is 4. The molecule has 1 atom stereocenters. The smallest absolute Gasteiger partial charge is 0.162 e. The molecular weight excluding hydrogens is 392 g/mol. The molecule has 1 aromatic carbocycles. The number of fused-ring (bicyclic) bond motifs is 1. The molecule has 0 saturated carbocycles. The number of imidazole rings is 1. The van der Waals surface area contributed by atoms with E-state index in [-0.39, 0.29) is 17.2 Å². The van der Waals surface area contributed by atoms with Gasteiger partial charge in [-0.05, 0) is 13.0 Å². The monoisotopic (exact) mass is 406 g/mol. The summed E-state index contributed by atoms with van der Waals surface area (Å²) in [6.45, 7) is 1.52. The Hall–Kier alpha value is -3.74. The van der Waals surface area contributed by atoms with E-state index in [1.54, 1.807) is 6.07 Å². The number of benzene rings is 1. The highest BCUT2D eigenvalue weighted by atomic mass is 35.5. The van der Waals surface area contributed by atoms with Crippen LogP contribution in [-0.2, 0) is 5.72 Å². The fourth-order valence-corrected chi connectivity index (χ4v) is 3.14. The lowest BCUT2D eigenvalue weighted by molar-refractivity contribution is 0.0885. The number of anilines is 2. The van der Waals surface area contributed by atoms with Crippen molar-refractivity contribution in [3.63, 3.8) is 0 Å². The number of nitrogen functional groups attached to an aromatic ring is 1. The molecule has 0 fully saturated rings. The van der Waals surface area contributed by atoms with Gasteiger partial charge in [0.2, 0.25) is 0 Å². The maximum Gasteiger partial charge on any atom is 0.162 e. The van der Waals surface area contributed by atoms with Gasteiger partial charge in [0, 0.05) is 11.1 Å². The van der Waals surface area contributed by atoms with Gasteiger partial charge in [-0.25, -0.2) is 19.5 Å². The molecule has 0 aliphatic heterocycles. The third-order valence-electron chi connectivity index (χ3n) is 4.37. The van der Waals surface area contributed by atoms with E-state index in [1.807, 2.05) is 36.4 Å². The summed E-state index contributed by atoms with van der Waals surface area (Å²) in [5.41, 5.74) is 6.23. The van der Waals surface area contributed by atoms with E-state index in [1.165, 1.54) is 24.0 Å². The topological polar surface area (TPSA) is 138 Å². The summed E-state index contributed by atoms with van der Waals surface area (Å²) < 4.78 is 1.48. The molecule has 3 aromatic heterocycles. The van der Waals surface area contributed by atoms with Gasteiger partial charge in [0.15, 0.2) is 22.3 Å². The number of halogens is 1. The molecule has 9 nitrogen and oxygen atoms in total. The zero-order chi connectivity index (χ0) is 20.6.